The number of rotatable bonds is 4. The van der Waals surface area contributed by atoms with E-state index in [1.807, 2.05) is 0 Å². The molecular formula is C11H18N2O2. The van der Waals surface area contributed by atoms with E-state index in [1.165, 1.54) is 0 Å². The molecule has 0 radical (unpaired) electrons. The third kappa shape index (κ3) is 2.37. The second-order valence-electron chi connectivity index (χ2n) is 4.79. The Hall–Kier alpha value is -1.32. The molecule has 1 aromatic rings. The molecular weight excluding hydrogens is 192 g/mol. The number of aromatic nitrogens is 2. The molecule has 1 aromatic heterocycles. The van der Waals surface area contributed by atoms with E-state index in [2.05, 4.69) is 24.0 Å². The van der Waals surface area contributed by atoms with E-state index in [4.69, 9.17) is 5.11 Å². The number of hydrogen-bond acceptors (Lipinski definition) is 2. The number of nitrogens with zero attached hydrogens (tertiary/aromatic N) is 1. The summed E-state index contributed by atoms with van der Waals surface area (Å²) in [5.74, 6) is -0.345. The second-order valence-corrected chi connectivity index (χ2v) is 4.79. The predicted molar refractivity (Wildman–Crippen MR) is 57.8 cm³/mol. The first-order chi connectivity index (χ1) is 6.85. The van der Waals surface area contributed by atoms with Gasteiger partial charge in [-0.3, -0.25) is 9.89 Å². The smallest absolute Gasteiger partial charge is 0.313 e. The monoisotopic (exact) mass is 210 g/mol. The third-order valence-corrected chi connectivity index (χ3v) is 2.54. The Bertz CT molecular complexity index is 353. The normalized spacial score (nSPS) is 12.1. The molecule has 4 nitrogen and oxygen atoms in total. The molecule has 0 aliphatic heterocycles. The summed E-state index contributed by atoms with van der Waals surface area (Å²) in [7, 11) is 0. The summed E-state index contributed by atoms with van der Waals surface area (Å²) in [6.45, 7) is 7.59. The summed E-state index contributed by atoms with van der Waals surface area (Å²) in [6.07, 6.45) is 2.44. The molecule has 2 N–H and O–H groups in total. The molecule has 1 rings (SSSR count). The molecule has 0 amide bonds. The van der Waals surface area contributed by atoms with Crippen LogP contribution in [-0.4, -0.2) is 21.3 Å². The highest BCUT2D eigenvalue weighted by atomic mass is 16.4. The molecule has 0 fully saturated rings. The van der Waals surface area contributed by atoms with Gasteiger partial charge in [0.2, 0.25) is 0 Å². The van der Waals surface area contributed by atoms with Gasteiger partial charge in [0, 0.05) is 11.3 Å². The van der Waals surface area contributed by atoms with Crippen molar-refractivity contribution in [3.05, 3.63) is 17.5 Å². The summed E-state index contributed by atoms with van der Waals surface area (Å²) in [4.78, 5) is 11.1. The highest BCUT2D eigenvalue weighted by molar-refractivity contribution is 5.80. The molecule has 0 spiro atoms. The Morgan fingerprint density at radius 3 is 2.67 bits per heavy atom. The summed E-state index contributed by atoms with van der Waals surface area (Å²) < 4.78 is 0. The average molecular weight is 210 g/mol. The second kappa shape index (κ2) is 4.04. The zero-order valence-corrected chi connectivity index (χ0v) is 9.66. The summed E-state index contributed by atoms with van der Waals surface area (Å²) in [5.41, 5.74) is 0.832. The lowest BCUT2D eigenvalue weighted by molar-refractivity contribution is -0.142. The Morgan fingerprint density at radius 2 is 2.20 bits per heavy atom. The number of nitrogens with one attached hydrogen (secondary N) is 1. The molecule has 0 saturated heterocycles. The summed E-state index contributed by atoms with van der Waals surface area (Å²) in [5, 5.41) is 16.0. The van der Waals surface area contributed by atoms with Crippen molar-refractivity contribution >= 4 is 5.97 Å². The van der Waals surface area contributed by atoms with Crippen molar-refractivity contribution in [1.29, 1.82) is 0 Å². The van der Waals surface area contributed by atoms with Crippen LogP contribution in [0.15, 0.2) is 6.20 Å². The minimum Gasteiger partial charge on any atom is -0.481 e. The first-order valence-corrected chi connectivity index (χ1v) is 5.11. The molecule has 0 atom stereocenters. The number of aliphatic carboxylic acids is 1. The number of H-pyrrole nitrogens is 1. The molecule has 0 unspecified atom stereocenters. The van der Waals surface area contributed by atoms with Gasteiger partial charge in [0.25, 0.3) is 0 Å². The van der Waals surface area contributed by atoms with E-state index < -0.39 is 11.4 Å². The van der Waals surface area contributed by atoms with Crippen LogP contribution in [0.5, 0.6) is 0 Å². The van der Waals surface area contributed by atoms with E-state index in [1.54, 1.807) is 20.0 Å². The van der Waals surface area contributed by atoms with Gasteiger partial charge in [0.1, 0.15) is 0 Å². The van der Waals surface area contributed by atoms with Crippen molar-refractivity contribution < 1.29 is 9.90 Å². The topological polar surface area (TPSA) is 66.0 Å². The zero-order chi connectivity index (χ0) is 11.6. The number of carboxylic acids is 1. The third-order valence-electron chi connectivity index (χ3n) is 2.54. The fourth-order valence-electron chi connectivity index (χ4n) is 1.53. The number of aromatic amines is 1. The Kier molecular flexibility index (Phi) is 3.17. The van der Waals surface area contributed by atoms with E-state index >= 15 is 0 Å². The number of hydrogen-bond donors (Lipinski definition) is 2. The molecule has 0 bridgehead atoms. The van der Waals surface area contributed by atoms with Gasteiger partial charge in [0.05, 0.1) is 11.6 Å². The Balaban J connectivity index is 3.04. The Morgan fingerprint density at radius 1 is 1.60 bits per heavy atom. The lowest BCUT2D eigenvalue weighted by Gasteiger charge is -2.19. The summed E-state index contributed by atoms with van der Waals surface area (Å²) in [6, 6.07) is 0. The van der Waals surface area contributed by atoms with Crippen LogP contribution >= 0.6 is 0 Å². The minimum atomic E-state index is -0.878. The van der Waals surface area contributed by atoms with Gasteiger partial charge in [-0.05, 0) is 26.2 Å². The SMILES string of the molecule is CC(C)Cc1[nH]ncc1C(C)(C)C(=O)O. The first kappa shape index (κ1) is 11.8. The van der Waals surface area contributed by atoms with Gasteiger partial charge in [-0.2, -0.15) is 5.10 Å². The fraction of sp³-hybridized carbons (Fsp3) is 0.636. The van der Waals surface area contributed by atoms with Crippen LogP contribution in [0.3, 0.4) is 0 Å². The summed E-state index contributed by atoms with van der Waals surface area (Å²) >= 11 is 0. The van der Waals surface area contributed by atoms with Crippen molar-refractivity contribution in [3.8, 4) is 0 Å². The van der Waals surface area contributed by atoms with Crippen molar-refractivity contribution in [1.82, 2.24) is 10.2 Å². The van der Waals surface area contributed by atoms with E-state index in [-0.39, 0.29) is 0 Å². The standard InChI is InChI=1S/C11H18N2O2/c1-7(2)5-9-8(6-12-13-9)11(3,4)10(14)15/h6-7H,5H2,1-4H3,(H,12,13)(H,14,15). The molecule has 1 heterocycles. The predicted octanol–water partition coefficient (Wildman–Crippen LogP) is 1.97. The highest BCUT2D eigenvalue weighted by Gasteiger charge is 2.32. The molecule has 0 saturated carbocycles. The van der Waals surface area contributed by atoms with E-state index in [0.29, 0.717) is 5.92 Å². The average Bonchev–Trinajstić information content (AvgIpc) is 2.51. The van der Waals surface area contributed by atoms with Crippen molar-refractivity contribution in [2.75, 3.05) is 0 Å². The molecule has 0 aliphatic rings. The molecule has 15 heavy (non-hydrogen) atoms. The fourth-order valence-corrected chi connectivity index (χ4v) is 1.53. The maximum atomic E-state index is 11.1. The van der Waals surface area contributed by atoms with Gasteiger partial charge >= 0.3 is 5.97 Å². The maximum Gasteiger partial charge on any atom is 0.313 e. The van der Waals surface area contributed by atoms with Crippen LogP contribution in [-0.2, 0) is 16.6 Å². The van der Waals surface area contributed by atoms with Crippen molar-refractivity contribution in [2.45, 2.75) is 39.5 Å². The molecule has 4 heteroatoms. The molecule has 0 aliphatic carbocycles. The Labute approximate surface area is 89.7 Å². The largest absolute Gasteiger partial charge is 0.481 e. The van der Waals surface area contributed by atoms with Crippen molar-refractivity contribution in [2.24, 2.45) is 5.92 Å². The lowest BCUT2D eigenvalue weighted by atomic mass is 9.83. The number of carbonyl (C=O) groups is 1. The minimum absolute atomic E-state index is 0.480. The number of carboxylic acid groups (broad SMARTS) is 1. The van der Waals surface area contributed by atoms with Gasteiger partial charge in [0.15, 0.2) is 0 Å². The van der Waals surface area contributed by atoms with Crippen LogP contribution in [0.2, 0.25) is 0 Å². The van der Waals surface area contributed by atoms with Gasteiger partial charge < -0.3 is 5.11 Å². The van der Waals surface area contributed by atoms with Gasteiger partial charge in [-0.15, -0.1) is 0 Å². The van der Waals surface area contributed by atoms with E-state index in [0.717, 1.165) is 17.7 Å². The zero-order valence-electron chi connectivity index (χ0n) is 9.66. The molecule has 0 aromatic carbocycles. The van der Waals surface area contributed by atoms with Crippen LogP contribution in [0.1, 0.15) is 39.0 Å². The van der Waals surface area contributed by atoms with Crippen LogP contribution in [0.4, 0.5) is 0 Å². The van der Waals surface area contributed by atoms with Gasteiger partial charge in [-0.25, -0.2) is 0 Å². The van der Waals surface area contributed by atoms with E-state index in [9.17, 15) is 4.79 Å². The maximum absolute atomic E-state index is 11.1. The van der Waals surface area contributed by atoms with Crippen molar-refractivity contribution in [3.63, 3.8) is 0 Å². The van der Waals surface area contributed by atoms with Gasteiger partial charge in [-0.1, -0.05) is 13.8 Å². The first-order valence-electron chi connectivity index (χ1n) is 5.11. The van der Waals surface area contributed by atoms with Crippen LogP contribution in [0, 0.1) is 5.92 Å². The van der Waals surface area contributed by atoms with Crippen LogP contribution in [0.25, 0.3) is 0 Å². The highest BCUT2D eigenvalue weighted by Crippen LogP contribution is 2.26. The lowest BCUT2D eigenvalue weighted by Crippen LogP contribution is -2.29. The quantitative estimate of drug-likeness (QED) is 0.798. The molecule has 84 valence electrons. The van der Waals surface area contributed by atoms with Crippen LogP contribution < -0.4 is 0 Å².